The molecule has 0 spiro atoms. The van der Waals surface area contributed by atoms with Gasteiger partial charge in [-0.2, -0.15) is 0 Å². The van der Waals surface area contributed by atoms with E-state index < -0.39 is 0 Å². The van der Waals surface area contributed by atoms with Gasteiger partial charge in [-0.1, -0.05) is 0 Å². The maximum Gasteiger partial charge on any atom is 0.130 e. The third-order valence-corrected chi connectivity index (χ3v) is 3.65. The first-order valence-electron chi connectivity index (χ1n) is 6.92. The number of piperazine rings is 1. The minimum atomic E-state index is 0.513. The van der Waals surface area contributed by atoms with Crippen molar-refractivity contribution in [3.63, 3.8) is 0 Å². The molecule has 2 rings (SSSR count). The van der Waals surface area contributed by atoms with Crippen LogP contribution < -0.4 is 19.5 Å². The molecule has 0 radical (unpaired) electrons. The molecule has 0 aromatic heterocycles. The normalized spacial score (nSPS) is 19.7. The Labute approximate surface area is 120 Å². The maximum atomic E-state index is 5.50. The molecule has 20 heavy (non-hydrogen) atoms. The highest BCUT2D eigenvalue weighted by atomic mass is 16.5. The maximum absolute atomic E-state index is 5.50. The van der Waals surface area contributed by atoms with Crippen molar-refractivity contribution in [3.8, 4) is 17.2 Å². The zero-order valence-corrected chi connectivity index (χ0v) is 12.7. The van der Waals surface area contributed by atoms with E-state index in [9.17, 15) is 0 Å². The van der Waals surface area contributed by atoms with E-state index in [-0.39, 0.29) is 0 Å². The number of nitrogens with zero attached hydrogens (tertiary/aromatic N) is 1. The van der Waals surface area contributed by atoms with Crippen molar-refractivity contribution in [2.24, 2.45) is 0 Å². The van der Waals surface area contributed by atoms with Crippen LogP contribution in [-0.4, -0.2) is 51.9 Å². The molecule has 1 fully saturated rings. The van der Waals surface area contributed by atoms with Crippen LogP contribution in [0.5, 0.6) is 17.2 Å². The van der Waals surface area contributed by atoms with E-state index in [0.29, 0.717) is 6.04 Å². The average Bonchev–Trinajstić information content (AvgIpc) is 2.47. The van der Waals surface area contributed by atoms with E-state index in [4.69, 9.17) is 14.2 Å². The Kier molecular flexibility index (Phi) is 5.09. The van der Waals surface area contributed by atoms with E-state index in [1.165, 1.54) is 0 Å². The van der Waals surface area contributed by atoms with Crippen LogP contribution in [0.3, 0.4) is 0 Å². The van der Waals surface area contributed by atoms with Gasteiger partial charge in [0.25, 0.3) is 0 Å². The molecule has 1 aromatic carbocycles. The molecular weight excluding hydrogens is 256 g/mol. The van der Waals surface area contributed by atoms with Crippen molar-refractivity contribution >= 4 is 0 Å². The molecule has 0 unspecified atom stereocenters. The lowest BCUT2D eigenvalue weighted by molar-refractivity contribution is 0.195. The summed E-state index contributed by atoms with van der Waals surface area (Å²) in [6.07, 6.45) is 0. The van der Waals surface area contributed by atoms with Crippen LogP contribution in [0.4, 0.5) is 0 Å². The number of benzene rings is 1. The van der Waals surface area contributed by atoms with E-state index in [2.05, 4.69) is 17.1 Å². The van der Waals surface area contributed by atoms with Crippen molar-refractivity contribution in [3.05, 3.63) is 17.7 Å². The van der Waals surface area contributed by atoms with Gasteiger partial charge >= 0.3 is 0 Å². The molecule has 0 saturated carbocycles. The van der Waals surface area contributed by atoms with Crippen LogP contribution in [0, 0.1) is 0 Å². The topological polar surface area (TPSA) is 43.0 Å². The summed E-state index contributed by atoms with van der Waals surface area (Å²) in [6, 6.07) is 4.33. The summed E-state index contributed by atoms with van der Waals surface area (Å²) in [5, 5.41) is 3.45. The third-order valence-electron chi connectivity index (χ3n) is 3.65. The van der Waals surface area contributed by atoms with Crippen molar-refractivity contribution in [2.45, 2.75) is 19.5 Å². The van der Waals surface area contributed by atoms with Gasteiger partial charge in [-0.3, -0.25) is 4.90 Å². The molecule has 1 aliphatic rings. The second-order valence-electron chi connectivity index (χ2n) is 5.10. The predicted octanol–water partition coefficient (Wildman–Crippen LogP) is 1.51. The first-order valence-corrected chi connectivity index (χ1v) is 6.92. The lowest BCUT2D eigenvalue weighted by Crippen LogP contribution is -2.48. The Hall–Kier alpha value is -1.46. The van der Waals surface area contributed by atoms with E-state index in [0.717, 1.165) is 49.0 Å². The van der Waals surface area contributed by atoms with E-state index >= 15 is 0 Å². The molecule has 0 aliphatic carbocycles. The number of rotatable bonds is 5. The Bertz CT molecular complexity index is 426. The van der Waals surface area contributed by atoms with Crippen molar-refractivity contribution in [2.75, 3.05) is 41.0 Å². The van der Waals surface area contributed by atoms with Crippen LogP contribution in [0.25, 0.3) is 0 Å². The van der Waals surface area contributed by atoms with Crippen molar-refractivity contribution in [1.29, 1.82) is 0 Å². The summed E-state index contributed by atoms with van der Waals surface area (Å²) in [7, 11) is 5.00. The van der Waals surface area contributed by atoms with Crippen LogP contribution in [0.2, 0.25) is 0 Å². The largest absolute Gasteiger partial charge is 0.496 e. The molecule has 0 bridgehead atoms. The highest BCUT2D eigenvalue weighted by Gasteiger charge is 2.20. The summed E-state index contributed by atoms with van der Waals surface area (Å²) in [6.45, 7) is 6.10. The Morgan fingerprint density at radius 3 is 2.30 bits per heavy atom. The Morgan fingerprint density at radius 1 is 1.15 bits per heavy atom. The summed E-state index contributed by atoms with van der Waals surface area (Å²) in [5.74, 6) is 2.37. The fourth-order valence-electron chi connectivity index (χ4n) is 2.61. The second-order valence-corrected chi connectivity index (χ2v) is 5.10. The zero-order chi connectivity index (χ0) is 14.5. The van der Waals surface area contributed by atoms with Gasteiger partial charge in [0.1, 0.15) is 17.2 Å². The Balaban J connectivity index is 2.24. The van der Waals surface area contributed by atoms with Gasteiger partial charge in [0, 0.05) is 44.4 Å². The van der Waals surface area contributed by atoms with E-state index in [1.807, 2.05) is 12.1 Å². The van der Waals surface area contributed by atoms with Crippen LogP contribution in [0.15, 0.2) is 12.1 Å². The fraction of sp³-hybridized carbons (Fsp3) is 0.600. The Morgan fingerprint density at radius 2 is 1.80 bits per heavy atom. The number of ether oxygens (including phenoxy) is 3. The van der Waals surface area contributed by atoms with Crippen LogP contribution in [0.1, 0.15) is 12.5 Å². The minimum absolute atomic E-state index is 0.513. The van der Waals surface area contributed by atoms with Gasteiger partial charge in [-0.25, -0.2) is 0 Å². The SMILES string of the molecule is COc1cc(OC)c(CN2CCN[C@H](C)C2)c(OC)c1. The van der Waals surface area contributed by atoms with Gasteiger partial charge in [0.2, 0.25) is 0 Å². The lowest BCUT2D eigenvalue weighted by atomic mass is 10.1. The summed E-state index contributed by atoms with van der Waals surface area (Å²) in [5.41, 5.74) is 1.07. The highest BCUT2D eigenvalue weighted by molar-refractivity contribution is 5.50. The molecule has 1 N–H and O–H groups in total. The monoisotopic (exact) mass is 280 g/mol. The molecule has 1 aromatic rings. The van der Waals surface area contributed by atoms with Gasteiger partial charge in [-0.05, 0) is 6.92 Å². The lowest BCUT2D eigenvalue weighted by Gasteiger charge is -2.32. The molecule has 1 heterocycles. The highest BCUT2D eigenvalue weighted by Crippen LogP contribution is 2.35. The van der Waals surface area contributed by atoms with Crippen LogP contribution in [-0.2, 0) is 6.54 Å². The third kappa shape index (κ3) is 3.35. The molecule has 5 heteroatoms. The quantitative estimate of drug-likeness (QED) is 0.885. The first-order chi connectivity index (χ1) is 9.67. The molecule has 0 amide bonds. The van der Waals surface area contributed by atoms with Crippen molar-refractivity contribution in [1.82, 2.24) is 10.2 Å². The minimum Gasteiger partial charge on any atom is -0.496 e. The van der Waals surface area contributed by atoms with Gasteiger partial charge < -0.3 is 19.5 Å². The number of nitrogens with one attached hydrogen (secondary N) is 1. The van der Waals surface area contributed by atoms with Gasteiger partial charge in [-0.15, -0.1) is 0 Å². The van der Waals surface area contributed by atoms with Crippen LogP contribution >= 0.6 is 0 Å². The standard InChI is InChI=1S/C15H24N2O3/c1-11-9-17(6-5-16-11)10-13-14(19-3)7-12(18-2)8-15(13)20-4/h7-8,11,16H,5-6,9-10H2,1-4H3/t11-/m1/s1. The summed E-state index contributed by atoms with van der Waals surface area (Å²) >= 11 is 0. The number of hydrogen-bond donors (Lipinski definition) is 1. The molecule has 5 nitrogen and oxygen atoms in total. The van der Waals surface area contributed by atoms with Crippen molar-refractivity contribution < 1.29 is 14.2 Å². The molecule has 1 aliphatic heterocycles. The summed E-state index contributed by atoms with van der Waals surface area (Å²) < 4.78 is 16.3. The molecule has 1 atom stereocenters. The molecule has 112 valence electrons. The number of hydrogen-bond acceptors (Lipinski definition) is 5. The zero-order valence-electron chi connectivity index (χ0n) is 12.7. The van der Waals surface area contributed by atoms with E-state index in [1.54, 1.807) is 21.3 Å². The fourth-order valence-corrected chi connectivity index (χ4v) is 2.61. The molecular formula is C15H24N2O3. The average molecular weight is 280 g/mol. The first kappa shape index (κ1) is 14.9. The smallest absolute Gasteiger partial charge is 0.130 e. The number of methoxy groups -OCH3 is 3. The predicted molar refractivity (Wildman–Crippen MR) is 78.8 cm³/mol. The van der Waals surface area contributed by atoms with Gasteiger partial charge in [0.15, 0.2) is 0 Å². The van der Waals surface area contributed by atoms with Gasteiger partial charge in [0.05, 0.1) is 26.9 Å². The molecule has 1 saturated heterocycles. The summed E-state index contributed by atoms with van der Waals surface area (Å²) in [4.78, 5) is 2.41. The second kappa shape index (κ2) is 6.81.